The number of carbonyl (C=O) groups excluding carboxylic acids is 1. The SMILES string of the molecule is C[C@H](OC(N)=O)c1ncnn1-c1ncc(C#N)s1. The molecule has 0 saturated carbocycles. The van der Waals surface area contributed by atoms with E-state index in [1.807, 2.05) is 6.07 Å². The quantitative estimate of drug-likeness (QED) is 0.873. The lowest BCUT2D eigenvalue weighted by Crippen LogP contribution is -2.18. The van der Waals surface area contributed by atoms with E-state index in [9.17, 15) is 4.79 Å². The Morgan fingerprint density at radius 2 is 2.44 bits per heavy atom. The number of hydrogen-bond donors (Lipinski definition) is 1. The molecule has 0 aliphatic carbocycles. The maximum atomic E-state index is 10.7. The lowest BCUT2D eigenvalue weighted by molar-refractivity contribution is 0.111. The van der Waals surface area contributed by atoms with Crippen molar-refractivity contribution < 1.29 is 9.53 Å². The van der Waals surface area contributed by atoms with Crippen LogP contribution in [0.3, 0.4) is 0 Å². The Kier molecular flexibility index (Phi) is 3.20. The minimum absolute atomic E-state index is 0.382. The summed E-state index contributed by atoms with van der Waals surface area (Å²) in [5, 5.41) is 13.2. The smallest absolute Gasteiger partial charge is 0.405 e. The molecule has 0 radical (unpaired) electrons. The molecule has 0 bridgehead atoms. The normalized spacial score (nSPS) is 11.8. The number of aromatic nitrogens is 4. The second-order valence-electron chi connectivity index (χ2n) is 3.23. The average Bonchev–Trinajstić information content (AvgIpc) is 2.96. The third-order valence-electron chi connectivity index (χ3n) is 2.02. The van der Waals surface area contributed by atoms with Crippen LogP contribution in [0.5, 0.6) is 0 Å². The Hall–Kier alpha value is -2.47. The molecular weight excluding hydrogens is 256 g/mol. The van der Waals surface area contributed by atoms with Gasteiger partial charge in [0.25, 0.3) is 0 Å². The molecular formula is C9H8N6O2S. The van der Waals surface area contributed by atoms with E-state index in [4.69, 9.17) is 15.7 Å². The van der Waals surface area contributed by atoms with Crippen molar-refractivity contribution in [2.75, 3.05) is 0 Å². The second-order valence-corrected chi connectivity index (χ2v) is 4.24. The van der Waals surface area contributed by atoms with Crippen LogP contribution in [0.2, 0.25) is 0 Å². The summed E-state index contributed by atoms with van der Waals surface area (Å²) in [7, 11) is 0. The van der Waals surface area contributed by atoms with Crippen molar-refractivity contribution in [1.29, 1.82) is 5.26 Å². The van der Waals surface area contributed by atoms with Crippen LogP contribution >= 0.6 is 11.3 Å². The first-order chi connectivity index (χ1) is 8.61. The Balaban J connectivity index is 2.33. The van der Waals surface area contributed by atoms with E-state index in [-0.39, 0.29) is 0 Å². The number of thiazole rings is 1. The third kappa shape index (κ3) is 2.28. The molecule has 2 aromatic heterocycles. The van der Waals surface area contributed by atoms with Gasteiger partial charge in [0.05, 0.1) is 6.20 Å². The predicted octanol–water partition coefficient (Wildman–Crippen LogP) is 0.752. The number of ether oxygens (including phenoxy) is 1. The van der Waals surface area contributed by atoms with E-state index in [2.05, 4.69) is 15.1 Å². The molecule has 0 aromatic carbocycles. The molecule has 1 amide bonds. The maximum Gasteiger partial charge on any atom is 0.405 e. The molecule has 0 spiro atoms. The molecule has 18 heavy (non-hydrogen) atoms. The van der Waals surface area contributed by atoms with Crippen LogP contribution in [0.15, 0.2) is 12.5 Å². The summed E-state index contributed by atoms with van der Waals surface area (Å²) in [4.78, 5) is 19.2. The molecule has 0 aliphatic rings. The highest BCUT2D eigenvalue weighted by atomic mass is 32.1. The molecule has 0 fully saturated rings. The summed E-state index contributed by atoms with van der Waals surface area (Å²) in [6, 6.07) is 1.98. The molecule has 0 unspecified atom stereocenters. The van der Waals surface area contributed by atoms with Gasteiger partial charge in [-0.2, -0.15) is 15.0 Å². The maximum absolute atomic E-state index is 10.7. The summed E-state index contributed by atoms with van der Waals surface area (Å²) in [5.74, 6) is 0.382. The summed E-state index contributed by atoms with van der Waals surface area (Å²) < 4.78 is 6.22. The number of hydrogen-bond acceptors (Lipinski definition) is 7. The van der Waals surface area contributed by atoms with Gasteiger partial charge >= 0.3 is 6.09 Å². The number of nitrogens with zero attached hydrogens (tertiary/aromatic N) is 5. The number of amides is 1. The number of nitrogens with two attached hydrogens (primary N) is 1. The largest absolute Gasteiger partial charge is 0.438 e. The number of rotatable bonds is 3. The zero-order chi connectivity index (χ0) is 13.1. The molecule has 0 saturated heterocycles. The predicted molar refractivity (Wildman–Crippen MR) is 60.8 cm³/mol. The van der Waals surface area contributed by atoms with Gasteiger partial charge in [0.15, 0.2) is 11.9 Å². The highest BCUT2D eigenvalue weighted by Crippen LogP contribution is 2.21. The van der Waals surface area contributed by atoms with Gasteiger partial charge in [-0.3, -0.25) is 0 Å². The first-order valence-electron chi connectivity index (χ1n) is 4.84. The van der Waals surface area contributed by atoms with E-state index >= 15 is 0 Å². The van der Waals surface area contributed by atoms with E-state index < -0.39 is 12.2 Å². The standard InChI is InChI=1S/C9H8N6O2S/c1-5(17-8(11)16)7-13-4-14-15(7)9-12-3-6(2-10)18-9/h3-5H,1H3,(H2,11,16)/t5-/m0/s1. The summed E-state index contributed by atoms with van der Waals surface area (Å²) >= 11 is 1.16. The van der Waals surface area contributed by atoms with Crippen LogP contribution in [0, 0.1) is 11.3 Å². The van der Waals surface area contributed by atoms with E-state index in [0.717, 1.165) is 11.3 Å². The lowest BCUT2D eigenvalue weighted by Gasteiger charge is -2.10. The van der Waals surface area contributed by atoms with Gasteiger partial charge in [-0.15, -0.1) is 0 Å². The monoisotopic (exact) mass is 264 g/mol. The summed E-state index contributed by atoms with van der Waals surface area (Å²) in [6.07, 6.45) is 1.20. The Morgan fingerprint density at radius 3 is 3.06 bits per heavy atom. The van der Waals surface area contributed by atoms with Gasteiger partial charge in [0.2, 0.25) is 5.13 Å². The topological polar surface area (TPSA) is 120 Å². The van der Waals surface area contributed by atoms with Crippen LogP contribution in [0.1, 0.15) is 23.7 Å². The highest BCUT2D eigenvalue weighted by Gasteiger charge is 2.19. The minimum Gasteiger partial charge on any atom is -0.438 e. The second kappa shape index (κ2) is 4.80. The molecule has 2 N–H and O–H groups in total. The van der Waals surface area contributed by atoms with E-state index in [1.54, 1.807) is 6.92 Å². The Morgan fingerprint density at radius 1 is 1.67 bits per heavy atom. The average molecular weight is 264 g/mol. The van der Waals surface area contributed by atoms with Gasteiger partial charge in [-0.25, -0.2) is 14.8 Å². The van der Waals surface area contributed by atoms with E-state index in [1.165, 1.54) is 17.2 Å². The zero-order valence-corrected chi connectivity index (χ0v) is 10.1. The van der Waals surface area contributed by atoms with Crippen molar-refractivity contribution >= 4 is 17.4 Å². The van der Waals surface area contributed by atoms with E-state index in [0.29, 0.717) is 15.8 Å². The van der Waals surface area contributed by atoms with Crippen molar-refractivity contribution in [2.24, 2.45) is 5.73 Å². The van der Waals surface area contributed by atoms with Crippen molar-refractivity contribution in [3.8, 4) is 11.2 Å². The van der Waals surface area contributed by atoms with Gasteiger partial charge in [0, 0.05) is 0 Å². The molecule has 92 valence electrons. The fraction of sp³-hybridized carbons (Fsp3) is 0.222. The molecule has 9 heteroatoms. The molecule has 2 heterocycles. The highest BCUT2D eigenvalue weighted by molar-refractivity contribution is 7.14. The first kappa shape index (κ1) is 12.0. The molecule has 8 nitrogen and oxygen atoms in total. The van der Waals surface area contributed by atoms with Gasteiger partial charge in [-0.05, 0) is 6.92 Å². The van der Waals surface area contributed by atoms with Crippen molar-refractivity contribution in [2.45, 2.75) is 13.0 Å². The Labute approximate surface area is 106 Å². The van der Waals surface area contributed by atoms with Crippen LogP contribution in [-0.2, 0) is 4.74 Å². The molecule has 1 atom stereocenters. The van der Waals surface area contributed by atoms with Crippen molar-refractivity contribution in [3.05, 3.63) is 23.2 Å². The molecule has 0 aliphatic heterocycles. The molecule has 2 aromatic rings. The van der Waals surface area contributed by atoms with Crippen LogP contribution in [0.25, 0.3) is 5.13 Å². The van der Waals surface area contributed by atoms with Crippen LogP contribution in [-0.4, -0.2) is 25.8 Å². The summed E-state index contributed by atoms with van der Waals surface area (Å²) in [5.41, 5.74) is 4.94. The number of carbonyl (C=O) groups is 1. The first-order valence-corrected chi connectivity index (χ1v) is 5.65. The van der Waals surface area contributed by atoms with Crippen LogP contribution < -0.4 is 5.73 Å². The van der Waals surface area contributed by atoms with Gasteiger partial charge < -0.3 is 10.5 Å². The minimum atomic E-state index is -0.895. The van der Waals surface area contributed by atoms with Crippen LogP contribution in [0.4, 0.5) is 4.79 Å². The van der Waals surface area contributed by atoms with Crippen molar-refractivity contribution in [3.63, 3.8) is 0 Å². The fourth-order valence-corrected chi connectivity index (χ4v) is 2.00. The zero-order valence-electron chi connectivity index (χ0n) is 9.27. The number of nitriles is 1. The van der Waals surface area contributed by atoms with Gasteiger partial charge in [0.1, 0.15) is 17.3 Å². The molecule has 2 rings (SSSR count). The Bertz CT molecular complexity index is 613. The third-order valence-corrected chi connectivity index (χ3v) is 2.89. The van der Waals surface area contributed by atoms with Gasteiger partial charge in [-0.1, -0.05) is 11.3 Å². The summed E-state index contributed by atoms with van der Waals surface area (Å²) in [6.45, 7) is 1.62. The van der Waals surface area contributed by atoms with Crippen molar-refractivity contribution in [1.82, 2.24) is 19.7 Å². The fourth-order valence-electron chi connectivity index (χ4n) is 1.32. The number of primary amides is 1. The lowest BCUT2D eigenvalue weighted by atomic mass is 10.4.